The molecule has 1 amide bonds. The highest BCUT2D eigenvalue weighted by Crippen LogP contribution is 2.31. The van der Waals surface area contributed by atoms with E-state index in [0.717, 1.165) is 21.2 Å². The molecule has 0 radical (unpaired) electrons. The molecule has 0 spiro atoms. The number of carbonyl (C=O) groups excluding carboxylic acids is 2. The van der Waals surface area contributed by atoms with E-state index >= 15 is 0 Å². The van der Waals surface area contributed by atoms with Crippen LogP contribution in [0, 0.1) is 6.92 Å². The third-order valence-corrected chi connectivity index (χ3v) is 5.46. The minimum Gasteiger partial charge on any atom is -0.755 e. The first-order valence-corrected chi connectivity index (χ1v) is 10.8. The number of thiazole rings is 1. The van der Waals surface area contributed by atoms with Crippen molar-refractivity contribution in [3.05, 3.63) is 70.7 Å². The standard InChI is InChI=1S/C20H19N3O5S2/c1-3-28-19(25)16-12-29-20(21-16)22-18(24)15-6-4-5-7-17(15)23(30(26)27)14-10-8-13(2)9-11-14/h4-12H,3H2,1-2H3,(H,26,27)(H,21,22,24)/p-1. The largest absolute Gasteiger partial charge is 0.755 e. The zero-order valence-electron chi connectivity index (χ0n) is 16.2. The number of hydrogen-bond donors (Lipinski definition) is 1. The van der Waals surface area contributed by atoms with E-state index in [9.17, 15) is 18.4 Å². The summed E-state index contributed by atoms with van der Waals surface area (Å²) in [6.45, 7) is 3.79. The van der Waals surface area contributed by atoms with Gasteiger partial charge in [0.05, 0.1) is 34.8 Å². The van der Waals surface area contributed by atoms with Gasteiger partial charge in [0, 0.05) is 5.38 Å². The number of aryl methyl sites for hydroxylation is 1. The molecule has 0 saturated heterocycles. The maximum Gasteiger partial charge on any atom is 0.357 e. The Hall–Kier alpha value is -3.08. The topological polar surface area (TPSA) is 112 Å². The normalized spacial score (nSPS) is 11.6. The van der Waals surface area contributed by atoms with E-state index < -0.39 is 23.1 Å². The van der Waals surface area contributed by atoms with Crippen molar-refractivity contribution < 1.29 is 23.1 Å². The quantitative estimate of drug-likeness (QED) is 0.438. The number of esters is 1. The fourth-order valence-corrected chi connectivity index (χ4v) is 3.91. The Labute approximate surface area is 179 Å². The van der Waals surface area contributed by atoms with Gasteiger partial charge in [-0.2, -0.15) is 0 Å². The summed E-state index contributed by atoms with van der Waals surface area (Å²) in [6, 6.07) is 13.2. The fraction of sp³-hybridized carbons (Fsp3) is 0.150. The van der Waals surface area contributed by atoms with E-state index in [1.54, 1.807) is 43.3 Å². The lowest BCUT2D eigenvalue weighted by molar-refractivity contribution is 0.0520. The Bertz CT molecular complexity index is 1080. The van der Waals surface area contributed by atoms with Crippen molar-refractivity contribution in [3.8, 4) is 0 Å². The first-order valence-electron chi connectivity index (χ1n) is 8.90. The van der Waals surface area contributed by atoms with Gasteiger partial charge in [0.1, 0.15) is 0 Å². The maximum absolute atomic E-state index is 12.9. The van der Waals surface area contributed by atoms with Gasteiger partial charge >= 0.3 is 5.97 Å². The van der Waals surface area contributed by atoms with Gasteiger partial charge in [-0.05, 0) is 38.1 Å². The Morgan fingerprint density at radius 3 is 2.57 bits per heavy atom. The van der Waals surface area contributed by atoms with Gasteiger partial charge in [-0.1, -0.05) is 29.8 Å². The highest BCUT2D eigenvalue weighted by Gasteiger charge is 2.20. The van der Waals surface area contributed by atoms with E-state index in [-0.39, 0.29) is 28.7 Å². The molecule has 2 aromatic carbocycles. The minimum atomic E-state index is -2.66. The molecule has 0 aliphatic rings. The first kappa shape index (κ1) is 21.6. The molecule has 1 aromatic heterocycles. The van der Waals surface area contributed by atoms with Gasteiger partial charge in [0.2, 0.25) is 0 Å². The van der Waals surface area contributed by atoms with Gasteiger partial charge in [-0.3, -0.25) is 18.6 Å². The van der Waals surface area contributed by atoms with E-state index in [1.807, 2.05) is 6.92 Å². The molecule has 3 rings (SSSR count). The predicted octanol–water partition coefficient (Wildman–Crippen LogP) is 3.81. The van der Waals surface area contributed by atoms with Crippen molar-refractivity contribution in [3.63, 3.8) is 0 Å². The zero-order chi connectivity index (χ0) is 21.7. The molecule has 156 valence electrons. The third kappa shape index (κ3) is 4.90. The number of nitrogens with one attached hydrogen (secondary N) is 1. The van der Waals surface area contributed by atoms with E-state index in [1.165, 1.54) is 17.5 Å². The lowest BCUT2D eigenvalue weighted by Gasteiger charge is -2.28. The van der Waals surface area contributed by atoms with E-state index in [0.29, 0.717) is 5.69 Å². The number of carbonyl (C=O) groups is 2. The molecule has 1 N–H and O–H groups in total. The average molecular weight is 445 g/mol. The molecule has 0 bridgehead atoms. The molecule has 0 saturated carbocycles. The van der Waals surface area contributed by atoms with Crippen LogP contribution < -0.4 is 9.62 Å². The summed E-state index contributed by atoms with van der Waals surface area (Å²) >= 11 is -1.59. The Kier molecular flexibility index (Phi) is 6.93. The van der Waals surface area contributed by atoms with Gasteiger partial charge in [0.15, 0.2) is 10.8 Å². The Morgan fingerprint density at radius 1 is 1.20 bits per heavy atom. The Morgan fingerprint density at radius 2 is 1.90 bits per heavy atom. The molecule has 3 aromatic rings. The lowest BCUT2D eigenvalue weighted by Crippen LogP contribution is -2.23. The van der Waals surface area contributed by atoms with Crippen LogP contribution in [0.2, 0.25) is 0 Å². The molecule has 1 atom stereocenters. The van der Waals surface area contributed by atoms with Crippen molar-refractivity contribution >= 4 is 51.0 Å². The second-order valence-corrected chi connectivity index (χ2v) is 7.73. The second kappa shape index (κ2) is 9.61. The van der Waals surface area contributed by atoms with Crippen LogP contribution in [0.1, 0.15) is 33.3 Å². The fourth-order valence-electron chi connectivity index (χ4n) is 2.62. The number of anilines is 3. The van der Waals surface area contributed by atoms with Crippen LogP contribution in [0.3, 0.4) is 0 Å². The zero-order valence-corrected chi connectivity index (χ0v) is 17.8. The minimum absolute atomic E-state index is 0.0902. The number of aromatic nitrogens is 1. The highest BCUT2D eigenvalue weighted by molar-refractivity contribution is 7.81. The van der Waals surface area contributed by atoms with Gasteiger partial charge < -0.3 is 9.29 Å². The second-order valence-electron chi connectivity index (χ2n) is 6.08. The Balaban J connectivity index is 1.90. The summed E-state index contributed by atoms with van der Waals surface area (Å²) in [5.74, 6) is -1.14. The molecule has 1 unspecified atom stereocenters. The summed E-state index contributed by atoms with van der Waals surface area (Å²) < 4.78 is 29.9. The smallest absolute Gasteiger partial charge is 0.357 e. The molecule has 0 aliphatic heterocycles. The van der Waals surface area contributed by atoms with Crippen molar-refractivity contribution in [1.29, 1.82) is 0 Å². The number of benzene rings is 2. The van der Waals surface area contributed by atoms with Crippen LogP contribution in [0.5, 0.6) is 0 Å². The predicted molar refractivity (Wildman–Crippen MR) is 115 cm³/mol. The summed E-state index contributed by atoms with van der Waals surface area (Å²) in [7, 11) is 0. The number of hydrogen-bond acceptors (Lipinski definition) is 7. The van der Waals surface area contributed by atoms with E-state index in [2.05, 4.69) is 10.3 Å². The molecular formula is C20H18N3O5S2-. The van der Waals surface area contributed by atoms with Crippen LogP contribution in [0.25, 0.3) is 0 Å². The summed E-state index contributed by atoms with van der Waals surface area (Å²) in [4.78, 5) is 28.7. The van der Waals surface area contributed by atoms with Crippen molar-refractivity contribution in [1.82, 2.24) is 4.98 Å². The number of ether oxygens (including phenoxy) is 1. The molecule has 10 heteroatoms. The number of nitrogens with zero attached hydrogens (tertiary/aromatic N) is 2. The molecule has 0 aliphatic carbocycles. The van der Waals surface area contributed by atoms with Crippen LogP contribution in [-0.2, 0) is 16.0 Å². The molecule has 1 heterocycles. The summed E-state index contributed by atoms with van der Waals surface area (Å²) in [5.41, 5.74) is 1.78. The maximum atomic E-state index is 12.9. The number of rotatable bonds is 7. The van der Waals surface area contributed by atoms with Gasteiger partial charge in [-0.15, -0.1) is 11.3 Å². The van der Waals surface area contributed by atoms with Crippen molar-refractivity contribution in [2.45, 2.75) is 13.8 Å². The van der Waals surface area contributed by atoms with Crippen LogP contribution in [0.4, 0.5) is 16.5 Å². The third-order valence-electron chi connectivity index (χ3n) is 3.99. The van der Waals surface area contributed by atoms with Crippen LogP contribution in [-0.4, -0.2) is 32.2 Å². The lowest BCUT2D eigenvalue weighted by atomic mass is 10.1. The number of amides is 1. The highest BCUT2D eigenvalue weighted by atomic mass is 32.2. The molecule has 8 nitrogen and oxygen atoms in total. The van der Waals surface area contributed by atoms with Crippen molar-refractivity contribution in [2.75, 3.05) is 16.2 Å². The van der Waals surface area contributed by atoms with Gasteiger partial charge in [-0.25, -0.2) is 9.78 Å². The SMILES string of the molecule is CCOC(=O)c1csc(NC(=O)c2ccccc2N(c2ccc(C)cc2)S(=O)[O-])n1. The molecular weight excluding hydrogens is 426 g/mol. The van der Waals surface area contributed by atoms with Gasteiger partial charge in [0.25, 0.3) is 5.91 Å². The number of para-hydroxylation sites is 1. The van der Waals surface area contributed by atoms with E-state index in [4.69, 9.17) is 4.74 Å². The summed E-state index contributed by atoms with van der Waals surface area (Å²) in [6.07, 6.45) is 0. The first-order chi connectivity index (χ1) is 14.4. The molecule has 30 heavy (non-hydrogen) atoms. The van der Waals surface area contributed by atoms with Crippen molar-refractivity contribution in [2.24, 2.45) is 0 Å². The van der Waals surface area contributed by atoms with Crippen LogP contribution in [0.15, 0.2) is 53.9 Å². The molecule has 0 fully saturated rings. The van der Waals surface area contributed by atoms with Crippen LogP contribution >= 0.6 is 11.3 Å². The average Bonchev–Trinajstić information content (AvgIpc) is 3.18. The summed E-state index contributed by atoms with van der Waals surface area (Å²) in [5, 5.41) is 4.28. The monoisotopic (exact) mass is 444 g/mol.